The number of carbonyl (C=O) groups is 2. The Morgan fingerprint density at radius 1 is 0.980 bits per heavy atom. The Labute approximate surface area is 288 Å². The van der Waals surface area contributed by atoms with E-state index in [1.807, 2.05) is 0 Å². The smallest absolute Gasteiger partial charge is 0.415 e. The Kier molecular flexibility index (Phi) is 9.69. The topological polar surface area (TPSA) is 182 Å². The van der Waals surface area contributed by atoms with E-state index in [1.54, 1.807) is 45.3 Å². The van der Waals surface area contributed by atoms with Crippen molar-refractivity contribution in [3.05, 3.63) is 41.0 Å². The number of rotatable bonds is 9. The number of nitrogens with zero attached hydrogens (tertiary/aromatic N) is 1. The van der Waals surface area contributed by atoms with Crippen LogP contribution in [0.25, 0.3) is 0 Å². The molecule has 0 saturated carbocycles. The van der Waals surface area contributed by atoms with E-state index in [2.05, 4.69) is 5.32 Å². The Morgan fingerprint density at radius 3 is 2.36 bits per heavy atom. The molecule has 1 amide bonds. The SMILES string of the molecule is CNCCN(C)C(=O)Oc1c(OC)cc([C@@H]2c3cc4c(cc3[C@@H](OC3OC5COC(C)OC5C(O)C3O)[C@H]3COC(=O)[C@H]23)OCO4)cc1OC. The maximum Gasteiger partial charge on any atom is 0.415 e. The van der Waals surface area contributed by atoms with Gasteiger partial charge in [0.25, 0.3) is 0 Å². The van der Waals surface area contributed by atoms with Crippen LogP contribution in [-0.2, 0) is 28.5 Å². The van der Waals surface area contributed by atoms with Gasteiger partial charge in [0, 0.05) is 32.0 Å². The quantitative estimate of drug-likeness (QED) is 0.318. The summed E-state index contributed by atoms with van der Waals surface area (Å²) in [5.41, 5.74) is 1.93. The maximum absolute atomic E-state index is 13.7. The van der Waals surface area contributed by atoms with Crippen molar-refractivity contribution in [2.45, 2.75) is 55.9 Å². The Morgan fingerprint density at radius 2 is 1.68 bits per heavy atom. The number of hydrogen-bond acceptors (Lipinski definition) is 15. The van der Waals surface area contributed by atoms with Crippen LogP contribution in [0.15, 0.2) is 24.3 Å². The van der Waals surface area contributed by atoms with Crippen LogP contribution in [0.3, 0.4) is 0 Å². The molecule has 5 aliphatic rings. The second kappa shape index (κ2) is 14.0. The Bertz CT molecular complexity index is 1580. The molecule has 0 radical (unpaired) electrons. The van der Waals surface area contributed by atoms with Gasteiger partial charge in [0.1, 0.15) is 24.4 Å². The minimum atomic E-state index is -1.46. The van der Waals surface area contributed by atoms with Crippen molar-refractivity contribution < 1.29 is 67.2 Å². The number of fused-ring (bicyclic) bond motifs is 4. The van der Waals surface area contributed by atoms with E-state index in [-0.39, 0.29) is 37.3 Å². The van der Waals surface area contributed by atoms with Crippen molar-refractivity contribution in [2.24, 2.45) is 11.8 Å². The van der Waals surface area contributed by atoms with Crippen LogP contribution >= 0.6 is 0 Å². The average molecular weight is 703 g/mol. The van der Waals surface area contributed by atoms with Gasteiger partial charge >= 0.3 is 12.1 Å². The van der Waals surface area contributed by atoms with Crippen molar-refractivity contribution in [2.75, 3.05) is 61.4 Å². The predicted molar refractivity (Wildman–Crippen MR) is 169 cm³/mol. The highest BCUT2D eigenvalue weighted by atomic mass is 16.8. The number of cyclic esters (lactones) is 1. The van der Waals surface area contributed by atoms with E-state index >= 15 is 0 Å². The largest absolute Gasteiger partial charge is 0.493 e. The highest BCUT2D eigenvalue weighted by Crippen LogP contribution is 2.57. The second-order valence-electron chi connectivity index (χ2n) is 12.9. The molecular formula is C34H42N2O14. The minimum absolute atomic E-state index is 0.00588. The zero-order valence-electron chi connectivity index (χ0n) is 28.4. The number of nitrogens with one attached hydrogen (secondary N) is 1. The Balaban J connectivity index is 1.27. The van der Waals surface area contributed by atoms with Gasteiger partial charge in [-0.15, -0.1) is 0 Å². The van der Waals surface area contributed by atoms with Crippen molar-refractivity contribution >= 4 is 12.1 Å². The molecule has 0 aromatic heterocycles. The number of amides is 1. The molecule has 10 atom stereocenters. The molecule has 1 aliphatic carbocycles. The van der Waals surface area contributed by atoms with Crippen molar-refractivity contribution in [3.63, 3.8) is 0 Å². The third kappa shape index (κ3) is 6.08. The van der Waals surface area contributed by atoms with E-state index in [4.69, 9.17) is 47.4 Å². The number of aliphatic hydroxyl groups is 2. The number of carbonyl (C=O) groups excluding carboxylic acids is 2. The normalized spacial score (nSPS) is 32.3. The molecule has 6 unspecified atom stereocenters. The van der Waals surface area contributed by atoms with Gasteiger partial charge in [-0.25, -0.2) is 4.79 Å². The molecule has 4 heterocycles. The first-order valence-electron chi connectivity index (χ1n) is 16.5. The first kappa shape index (κ1) is 34.5. The van der Waals surface area contributed by atoms with Crippen molar-refractivity contribution in [1.29, 1.82) is 0 Å². The highest BCUT2D eigenvalue weighted by molar-refractivity contribution is 5.79. The van der Waals surface area contributed by atoms with Gasteiger partial charge in [0.2, 0.25) is 12.5 Å². The minimum Gasteiger partial charge on any atom is -0.493 e. The molecule has 3 fully saturated rings. The molecular weight excluding hydrogens is 660 g/mol. The molecule has 7 rings (SSSR count). The molecule has 16 nitrogen and oxygen atoms in total. The third-order valence-corrected chi connectivity index (χ3v) is 9.93. The van der Waals surface area contributed by atoms with Crippen LogP contribution in [-0.4, -0.2) is 126 Å². The highest BCUT2D eigenvalue weighted by Gasteiger charge is 2.56. The van der Waals surface area contributed by atoms with E-state index in [0.717, 1.165) is 0 Å². The first-order valence-corrected chi connectivity index (χ1v) is 16.5. The molecule has 2 aromatic rings. The summed E-state index contributed by atoms with van der Waals surface area (Å²) in [6, 6.07) is 7.01. The standard InChI is InChI=1S/C34H42N2O14/c1-15-43-13-24-31(47-15)27(37)28(38)33(48-24)49-29-18-11-21-20(45-14-46-21)10-17(18)25(26-19(29)12-44-32(26)39)16-8-22(41-4)30(23(9-16)42-5)50-34(40)36(3)7-6-35-2/h8-11,15,19,24-29,31,33,35,37-38H,6-7,12-14H2,1-5H3/t15?,19-,24?,25+,26-,27?,28?,29+,31?,33?/m0/s1. The number of hydrogen-bond donors (Lipinski definition) is 3. The Hall–Kier alpha value is -3.90. The summed E-state index contributed by atoms with van der Waals surface area (Å²) >= 11 is 0. The van der Waals surface area contributed by atoms with E-state index < -0.39 is 72.9 Å². The lowest BCUT2D eigenvalue weighted by Crippen LogP contribution is -2.63. The summed E-state index contributed by atoms with van der Waals surface area (Å²) in [5.74, 6) is -0.942. The molecule has 3 N–H and O–H groups in total. The van der Waals surface area contributed by atoms with Crippen molar-refractivity contribution in [3.8, 4) is 28.7 Å². The van der Waals surface area contributed by atoms with Crippen LogP contribution < -0.4 is 29.0 Å². The summed E-state index contributed by atoms with van der Waals surface area (Å²) in [6.45, 7) is 2.83. The van der Waals surface area contributed by atoms with Gasteiger partial charge in [-0.2, -0.15) is 0 Å². The lowest BCUT2D eigenvalue weighted by Gasteiger charge is -2.47. The zero-order valence-corrected chi connectivity index (χ0v) is 28.4. The van der Waals surface area contributed by atoms with Crippen LogP contribution in [0.4, 0.5) is 4.79 Å². The predicted octanol–water partition coefficient (Wildman–Crippen LogP) is 1.28. The van der Waals surface area contributed by atoms with Gasteiger partial charge < -0.3 is 67.8 Å². The summed E-state index contributed by atoms with van der Waals surface area (Å²) in [5, 5.41) is 25.2. The molecule has 16 heteroatoms. The fraction of sp³-hybridized carbons (Fsp3) is 0.588. The second-order valence-corrected chi connectivity index (χ2v) is 12.9. The molecule has 0 spiro atoms. The summed E-state index contributed by atoms with van der Waals surface area (Å²) in [7, 11) is 6.30. The lowest BCUT2D eigenvalue weighted by molar-refractivity contribution is -0.364. The van der Waals surface area contributed by atoms with E-state index in [9.17, 15) is 19.8 Å². The molecule has 0 bridgehead atoms. The van der Waals surface area contributed by atoms with Gasteiger partial charge in [-0.1, -0.05) is 0 Å². The zero-order chi connectivity index (χ0) is 35.3. The first-order chi connectivity index (χ1) is 24.1. The number of esters is 1. The monoisotopic (exact) mass is 702 g/mol. The van der Waals surface area contributed by atoms with Gasteiger partial charge in [0.15, 0.2) is 35.6 Å². The molecule has 50 heavy (non-hydrogen) atoms. The number of aliphatic hydroxyl groups excluding tert-OH is 2. The van der Waals surface area contributed by atoms with E-state index in [0.29, 0.717) is 41.3 Å². The number of benzene rings is 2. The summed E-state index contributed by atoms with van der Waals surface area (Å²) in [4.78, 5) is 28.0. The fourth-order valence-electron chi connectivity index (χ4n) is 7.36. The molecule has 4 aliphatic heterocycles. The maximum atomic E-state index is 13.7. The van der Waals surface area contributed by atoms with Crippen molar-refractivity contribution in [1.82, 2.24) is 10.2 Å². The van der Waals surface area contributed by atoms with Gasteiger partial charge in [-0.3, -0.25) is 4.79 Å². The van der Waals surface area contributed by atoms with Gasteiger partial charge in [0.05, 0.1) is 39.5 Å². The van der Waals surface area contributed by atoms with Crippen LogP contribution in [0.1, 0.15) is 35.6 Å². The van der Waals surface area contributed by atoms with Gasteiger partial charge in [-0.05, 0) is 54.9 Å². The van der Waals surface area contributed by atoms with E-state index in [1.165, 1.54) is 19.1 Å². The number of likely N-dealkylation sites (N-methyl/N-ethyl adjacent to an activating group) is 2. The lowest BCUT2D eigenvalue weighted by atomic mass is 9.66. The summed E-state index contributed by atoms with van der Waals surface area (Å²) in [6.07, 6.45) is -7.59. The van der Waals surface area contributed by atoms with Crippen LogP contribution in [0, 0.1) is 11.8 Å². The number of ether oxygens (including phenoxy) is 10. The van der Waals surface area contributed by atoms with Crippen LogP contribution in [0.5, 0.6) is 28.7 Å². The molecule has 2 aromatic carbocycles. The fourth-order valence-corrected chi connectivity index (χ4v) is 7.36. The molecule has 272 valence electrons. The summed E-state index contributed by atoms with van der Waals surface area (Å²) < 4.78 is 58.3. The number of methoxy groups -OCH3 is 2. The molecule has 3 saturated heterocycles. The van der Waals surface area contributed by atoms with Crippen LogP contribution in [0.2, 0.25) is 0 Å². The third-order valence-electron chi connectivity index (χ3n) is 9.93. The average Bonchev–Trinajstić information content (AvgIpc) is 3.74.